The number of nitrogens with one attached hydrogen (secondary N) is 2. The van der Waals surface area contributed by atoms with E-state index in [-0.39, 0.29) is 29.9 Å². The zero-order valence-corrected chi connectivity index (χ0v) is 18.9. The molecule has 6 nitrogen and oxygen atoms in total. The molecule has 1 saturated carbocycles. The molecule has 0 aromatic heterocycles. The van der Waals surface area contributed by atoms with Crippen molar-refractivity contribution in [2.75, 3.05) is 33.9 Å². The molecular formula is C19H38IN3O3. The lowest BCUT2D eigenvalue weighted by atomic mass is 10.1. The fourth-order valence-electron chi connectivity index (χ4n) is 3.08. The zero-order valence-electron chi connectivity index (χ0n) is 16.6. The molecule has 0 saturated heterocycles. The second kappa shape index (κ2) is 17.8. The highest BCUT2D eigenvalue weighted by atomic mass is 127. The van der Waals surface area contributed by atoms with Crippen molar-refractivity contribution in [3.63, 3.8) is 0 Å². The Hall–Kier alpha value is -0.570. The molecule has 0 atom stereocenters. The third-order valence-electron chi connectivity index (χ3n) is 4.60. The highest BCUT2D eigenvalue weighted by molar-refractivity contribution is 14.0. The maximum atomic E-state index is 11.0. The number of nitrogens with zero attached hydrogens (tertiary/aromatic N) is 1. The fourth-order valence-corrected chi connectivity index (χ4v) is 3.08. The summed E-state index contributed by atoms with van der Waals surface area (Å²) in [6, 6.07) is 0. The number of carbonyl (C=O) groups excluding carboxylic acids is 1. The van der Waals surface area contributed by atoms with Gasteiger partial charge in [-0.15, -0.1) is 24.0 Å². The van der Waals surface area contributed by atoms with Gasteiger partial charge in [0.15, 0.2) is 5.96 Å². The Balaban J connectivity index is 0.00000625. The minimum Gasteiger partial charge on any atom is -0.469 e. The first-order chi connectivity index (χ1) is 12.3. The molecule has 0 amide bonds. The Kier molecular flexibility index (Phi) is 17.4. The van der Waals surface area contributed by atoms with E-state index >= 15 is 0 Å². The second-order valence-electron chi connectivity index (χ2n) is 6.65. The van der Waals surface area contributed by atoms with Crippen LogP contribution in [0.25, 0.3) is 0 Å². The molecule has 1 rings (SSSR count). The van der Waals surface area contributed by atoms with Gasteiger partial charge in [-0.2, -0.15) is 0 Å². The van der Waals surface area contributed by atoms with Crippen LogP contribution >= 0.6 is 24.0 Å². The van der Waals surface area contributed by atoms with E-state index in [4.69, 9.17) is 4.74 Å². The summed E-state index contributed by atoms with van der Waals surface area (Å²) in [5.41, 5.74) is 0. The number of guanidine groups is 1. The maximum absolute atomic E-state index is 11.0. The van der Waals surface area contributed by atoms with Crippen LogP contribution in [0.15, 0.2) is 4.99 Å². The van der Waals surface area contributed by atoms with Crippen LogP contribution in [0, 0.1) is 0 Å². The lowest BCUT2D eigenvalue weighted by molar-refractivity contribution is -0.140. The number of rotatable bonds is 11. The molecule has 7 heteroatoms. The number of hydrogen-bond acceptors (Lipinski definition) is 4. The van der Waals surface area contributed by atoms with Crippen LogP contribution in [0.4, 0.5) is 0 Å². The van der Waals surface area contributed by atoms with Gasteiger partial charge in [0, 0.05) is 26.6 Å². The van der Waals surface area contributed by atoms with E-state index in [1.165, 1.54) is 45.6 Å². The SMILES string of the molecule is CN=C(NCCCCCCC(=O)OC)NCCOC1CCCCCC1.I. The Labute approximate surface area is 176 Å². The Morgan fingerprint density at radius 2 is 1.65 bits per heavy atom. The fraction of sp³-hybridized carbons (Fsp3) is 0.895. The van der Waals surface area contributed by atoms with Gasteiger partial charge in [-0.25, -0.2) is 0 Å². The molecule has 154 valence electrons. The van der Waals surface area contributed by atoms with Crippen LogP contribution in [0.2, 0.25) is 0 Å². The summed E-state index contributed by atoms with van der Waals surface area (Å²) in [4.78, 5) is 15.2. The van der Waals surface area contributed by atoms with Crippen LogP contribution in [-0.4, -0.2) is 51.9 Å². The van der Waals surface area contributed by atoms with Crippen molar-refractivity contribution >= 4 is 35.9 Å². The third-order valence-corrected chi connectivity index (χ3v) is 4.60. The highest BCUT2D eigenvalue weighted by Gasteiger charge is 2.12. The van der Waals surface area contributed by atoms with Crippen molar-refractivity contribution in [2.45, 2.75) is 76.7 Å². The summed E-state index contributed by atoms with van der Waals surface area (Å²) in [5, 5.41) is 6.62. The van der Waals surface area contributed by atoms with Gasteiger partial charge in [0.25, 0.3) is 0 Å². The molecule has 1 fully saturated rings. The number of hydrogen-bond donors (Lipinski definition) is 2. The molecule has 0 radical (unpaired) electrons. The van der Waals surface area contributed by atoms with Gasteiger partial charge >= 0.3 is 5.97 Å². The Morgan fingerprint density at radius 3 is 2.31 bits per heavy atom. The van der Waals surface area contributed by atoms with Crippen molar-refractivity contribution in [1.29, 1.82) is 0 Å². The zero-order chi connectivity index (χ0) is 18.2. The lowest BCUT2D eigenvalue weighted by Crippen LogP contribution is -2.39. The standard InChI is InChI=1S/C19H37N3O3.HI/c1-20-19(21-14-10-6-5-9-13-18(23)24-2)22-15-16-25-17-11-7-3-4-8-12-17;/h17H,3-16H2,1-2H3,(H2,20,21,22);1H. The van der Waals surface area contributed by atoms with Crippen LogP contribution in [0.1, 0.15) is 70.6 Å². The summed E-state index contributed by atoms with van der Waals surface area (Å²) in [6.45, 7) is 2.41. The van der Waals surface area contributed by atoms with Crippen molar-refractivity contribution in [3.05, 3.63) is 0 Å². The molecule has 26 heavy (non-hydrogen) atoms. The number of ether oxygens (including phenoxy) is 2. The number of carbonyl (C=O) groups is 1. The molecule has 0 bridgehead atoms. The monoisotopic (exact) mass is 483 g/mol. The smallest absolute Gasteiger partial charge is 0.305 e. The maximum Gasteiger partial charge on any atom is 0.305 e. The number of aliphatic imine (C=N–C) groups is 1. The molecule has 0 aromatic carbocycles. The molecule has 1 aliphatic carbocycles. The van der Waals surface area contributed by atoms with Crippen molar-refractivity contribution in [1.82, 2.24) is 10.6 Å². The normalized spacial score (nSPS) is 15.7. The van der Waals surface area contributed by atoms with Crippen LogP contribution in [0.5, 0.6) is 0 Å². The first-order valence-corrected chi connectivity index (χ1v) is 9.89. The van der Waals surface area contributed by atoms with Crippen LogP contribution < -0.4 is 10.6 Å². The lowest BCUT2D eigenvalue weighted by Gasteiger charge is -2.16. The summed E-state index contributed by atoms with van der Waals surface area (Å²) in [5.74, 6) is 0.716. The molecule has 1 aliphatic rings. The van der Waals surface area contributed by atoms with E-state index in [1.54, 1.807) is 7.05 Å². The number of esters is 1. The summed E-state index contributed by atoms with van der Waals surface area (Å²) in [6.07, 6.45) is 12.9. The van der Waals surface area contributed by atoms with Gasteiger partial charge in [0.05, 0.1) is 19.8 Å². The van der Waals surface area contributed by atoms with Crippen LogP contribution in [-0.2, 0) is 14.3 Å². The van der Waals surface area contributed by atoms with Crippen molar-refractivity contribution < 1.29 is 14.3 Å². The molecular weight excluding hydrogens is 445 g/mol. The minimum absolute atomic E-state index is 0. The molecule has 0 spiro atoms. The van der Waals surface area contributed by atoms with Gasteiger partial charge in [0.1, 0.15) is 0 Å². The van der Waals surface area contributed by atoms with E-state index in [9.17, 15) is 4.79 Å². The predicted molar refractivity (Wildman–Crippen MR) is 117 cm³/mol. The first-order valence-electron chi connectivity index (χ1n) is 9.89. The summed E-state index contributed by atoms with van der Waals surface area (Å²) < 4.78 is 10.6. The third kappa shape index (κ3) is 13.6. The van der Waals surface area contributed by atoms with Gasteiger partial charge in [-0.3, -0.25) is 9.79 Å². The van der Waals surface area contributed by atoms with E-state index in [1.807, 2.05) is 0 Å². The first kappa shape index (κ1) is 25.4. The highest BCUT2D eigenvalue weighted by Crippen LogP contribution is 2.19. The van der Waals surface area contributed by atoms with Crippen LogP contribution in [0.3, 0.4) is 0 Å². The number of methoxy groups -OCH3 is 1. The van der Waals surface area contributed by atoms with Gasteiger partial charge in [-0.1, -0.05) is 38.5 Å². The molecule has 0 heterocycles. The topological polar surface area (TPSA) is 72.0 Å². The van der Waals surface area contributed by atoms with Crippen molar-refractivity contribution in [2.24, 2.45) is 4.99 Å². The molecule has 0 aliphatic heterocycles. The number of unbranched alkanes of at least 4 members (excludes halogenated alkanes) is 3. The molecule has 0 unspecified atom stereocenters. The van der Waals surface area contributed by atoms with E-state index < -0.39 is 0 Å². The quantitative estimate of drug-likeness (QED) is 0.117. The Morgan fingerprint density at radius 1 is 1.00 bits per heavy atom. The molecule has 2 N–H and O–H groups in total. The van der Waals surface area contributed by atoms with E-state index in [2.05, 4.69) is 20.4 Å². The average molecular weight is 483 g/mol. The van der Waals surface area contributed by atoms with Gasteiger partial charge < -0.3 is 20.1 Å². The minimum atomic E-state index is -0.117. The Bertz CT molecular complexity index is 373. The second-order valence-corrected chi connectivity index (χ2v) is 6.65. The van der Waals surface area contributed by atoms with Crippen molar-refractivity contribution in [3.8, 4) is 0 Å². The largest absolute Gasteiger partial charge is 0.469 e. The summed E-state index contributed by atoms with van der Waals surface area (Å²) >= 11 is 0. The number of halogens is 1. The van der Waals surface area contributed by atoms with E-state index in [0.29, 0.717) is 12.5 Å². The predicted octanol–water partition coefficient (Wildman–Crippen LogP) is 3.63. The summed E-state index contributed by atoms with van der Waals surface area (Å²) in [7, 11) is 3.23. The van der Waals surface area contributed by atoms with Gasteiger partial charge in [0.2, 0.25) is 0 Å². The van der Waals surface area contributed by atoms with E-state index in [0.717, 1.165) is 51.3 Å². The van der Waals surface area contributed by atoms with Gasteiger partial charge in [-0.05, 0) is 25.7 Å². The average Bonchev–Trinajstić information content (AvgIpc) is 2.91. The molecule has 0 aromatic rings.